The third-order valence-electron chi connectivity index (χ3n) is 3.86. The second-order valence-corrected chi connectivity index (χ2v) is 7.93. The molecule has 1 fully saturated rings. The van der Waals surface area contributed by atoms with E-state index in [4.69, 9.17) is 0 Å². The molecule has 1 heterocycles. The fourth-order valence-corrected chi connectivity index (χ4v) is 3.96. The molecule has 1 aromatic heterocycles. The van der Waals surface area contributed by atoms with Gasteiger partial charge in [0.25, 0.3) is 0 Å². The van der Waals surface area contributed by atoms with Crippen LogP contribution in [-0.4, -0.2) is 31.1 Å². The predicted octanol–water partition coefficient (Wildman–Crippen LogP) is 4.25. The first-order chi connectivity index (χ1) is 9.24. The number of thiophene rings is 1. The van der Waals surface area contributed by atoms with Gasteiger partial charge in [0.1, 0.15) is 0 Å². The molecular weight excluding hydrogens is 320 g/mol. The number of hydrogen-bond acceptors (Lipinski definition) is 3. The van der Waals surface area contributed by atoms with E-state index in [0.29, 0.717) is 0 Å². The molecule has 0 unspecified atom stereocenters. The van der Waals surface area contributed by atoms with Crippen molar-refractivity contribution >= 4 is 27.3 Å². The van der Waals surface area contributed by atoms with E-state index in [1.165, 1.54) is 47.9 Å². The first-order valence-corrected chi connectivity index (χ1v) is 9.06. The molecule has 0 saturated heterocycles. The first kappa shape index (κ1) is 15.5. The van der Waals surface area contributed by atoms with Crippen molar-refractivity contribution in [2.75, 3.05) is 20.1 Å². The average molecular weight is 345 g/mol. The van der Waals surface area contributed by atoms with Gasteiger partial charge in [-0.3, -0.25) is 0 Å². The molecule has 0 aromatic carbocycles. The lowest BCUT2D eigenvalue weighted by atomic mass is 10.1. The fraction of sp³-hybridized carbons (Fsp3) is 0.733. The van der Waals surface area contributed by atoms with Crippen LogP contribution >= 0.6 is 27.3 Å². The van der Waals surface area contributed by atoms with Crippen molar-refractivity contribution in [1.82, 2.24) is 10.2 Å². The van der Waals surface area contributed by atoms with Crippen LogP contribution in [0, 0.1) is 0 Å². The summed E-state index contributed by atoms with van der Waals surface area (Å²) in [4.78, 5) is 2.40. The Kier molecular flexibility index (Phi) is 6.85. The molecule has 1 N–H and O–H groups in total. The number of hydrogen-bond donors (Lipinski definition) is 1. The quantitative estimate of drug-likeness (QED) is 0.775. The highest BCUT2D eigenvalue weighted by Gasteiger charge is 2.11. The van der Waals surface area contributed by atoms with Gasteiger partial charge in [-0.1, -0.05) is 25.7 Å². The molecule has 2 nitrogen and oxygen atoms in total. The molecule has 2 rings (SSSR count). The molecule has 1 aromatic rings. The molecule has 0 atom stereocenters. The van der Waals surface area contributed by atoms with Crippen LogP contribution in [0.15, 0.2) is 15.2 Å². The van der Waals surface area contributed by atoms with E-state index in [0.717, 1.165) is 25.7 Å². The highest BCUT2D eigenvalue weighted by molar-refractivity contribution is 9.11. The molecule has 4 heteroatoms. The minimum Gasteiger partial charge on any atom is -0.313 e. The van der Waals surface area contributed by atoms with Crippen molar-refractivity contribution in [2.24, 2.45) is 0 Å². The van der Waals surface area contributed by atoms with Crippen molar-refractivity contribution in [3.8, 4) is 0 Å². The maximum absolute atomic E-state index is 3.74. The van der Waals surface area contributed by atoms with E-state index in [1.54, 1.807) is 11.3 Å². The standard InChI is InChI=1S/C15H25BrN2S/c1-18(11-13-10-15(16)19-12-13)9-8-17-14-6-4-2-3-5-7-14/h10,12,14,17H,2-9,11H2,1H3. The molecule has 19 heavy (non-hydrogen) atoms. The summed E-state index contributed by atoms with van der Waals surface area (Å²) in [7, 11) is 2.21. The van der Waals surface area contributed by atoms with E-state index in [1.807, 2.05) is 0 Å². The normalized spacial score (nSPS) is 17.8. The zero-order chi connectivity index (χ0) is 13.5. The van der Waals surface area contributed by atoms with Gasteiger partial charge in [0.2, 0.25) is 0 Å². The molecule has 0 amide bonds. The highest BCUT2D eigenvalue weighted by atomic mass is 79.9. The maximum atomic E-state index is 3.74. The molecule has 108 valence electrons. The predicted molar refractivity (Wildman–Crippen MR) is 87.8 cm³/mol. The highest BCUT2D eigenvalue weighted by Crippen LogP contribution is 2.21. The minimum absolute atomic E-state index is 0.770. The van der Waals surface area contributed by atoms with E-state index in [-0.39, 0.29) is 0 Å². The van der Waals surface area contributed by atoms with E-state index in [9.17, 15) is 0 Å². The van der Waals surface area contributed by atoms with Crippen molar-refractivity contribution in [1.29, 1.82) is 0 Å². The molecule has 0 bridgehead atoms. The van der Waals surface area contributed by atoms with Crippen molar-refractivity contribution < 1.29 is 0 Å². The van der Waals surface area contributed by atoms with Gasteiger partial charge in [-0.25, -0.2) is 0 Å². The lowest BCUT2D eigenvalue weighted by Gasteiger charge is -2.20. The van der Waals surface area contributed by atoms with Gasteiger partial charge < -0.3 is 10.2 Å². The summed E-state index contributed by atoms with van der Waals surface area (Å²) in [6, 6.07) is 2.99. The lowest BCUT2D eigenvalue weighted by molar-refractivity contribution is 0.312. The Labute approximate surface area is 129 Å². The number of rotatable bonds is 6. The third kappa shape index (κ3) is 5.94. The van der Waals surface area contributed by atoms with Crippen molar-refractivity contribution in [3.63, 3.8) is 0 Å². The number of nitrogens with one attached hydrogen (secondary N) is 1. The lowest BCUT2D eigenvalue weighted by Crippen LogP contribution is -2.35. The van der Waals surface area contributed by atoms with Gasteiger partial charge in [-0.15, -0.1) is 11.3 Å². The van der Waals surface area contributed by atoms with E-state index >= 15 is 0 Å². The summed E-state index contributed by atoms with van der Waals surface area (Å²) in [6.07, 6.45) is 8.45. The zero-order valence-electron chi connectivity index (χ0n) is 11.8. The van der Waals surface area contributed by atoms with Crippen LogP contribution in [0.1, 0.15) is 44.1 Å². The SMILES string of the molecule is CN(CCNC1CCCCCC1)Cc1csc(Br)c1. The molecule has 1 aliphatic carbocycles. The monoisotopic (exact) mass is 344 g/mol. The van der Waals surface area contributed by atoms with Gasteiger partial charge >= 0.3 is 0 Å². The average Bonchev–Trinajstić information content (AvgIpc) is 2.65. The third-order valence-corrected chi connectivity index (χ3v) is 5.41. The van der Waals surface area contributed by atoms with Gasteiger partial charge in [0.05, 0.1) is 3.79 Å². The minimum atomic E-state index is 0.770. The van der Waals surface area contributed by atoms with Gasteiger partial charge in [-0.05, 0) is 52.8 Å². The van der Waals surface area contributed by atoms with Crippen LogP contribution in [0.3, 0.4) is 0 Å². The Morgan fingerprint density at radius 1 is 1.32 bits per heavy atom. The van der Waals surface area contributed by atoms with E-state index in [2.05, 4.69) is 44.6 Å². The Balaban J connectivity index is 1.61. The second kappa shape index (κ2) is 8.40. The van der Waals surface area contributed by atoms with Crippen LogP contribution in [0.5, 0.6) is 0 Å². The van der Waals surface area contributed by atoms with Crippen LogP contribution in [0.4, 0.5) is 0 Å². The van der Waals surface area contributed by atoms with Crippen molar-refractivity contribution in [2.45, 2.75) is 51.1 Å². The molecule has 0 radical (unpaired) electrons. The zero-order valence-corrected chi connectivity index (χ0v) is 14.2. The Morgan fingerprint density at radius 3 is 2.68 bits per heavy atom. The molecule has 1 saturated carbocycles. The Bertz CT molecular complexity index is 359. The number of likely N-dealkylation sites (N-methyl/N-ethyl adjacent to an activating group) is 1. The molecule has 0 spiro atoms. The molecule has 0 aliphatic heterocycles. The molecular formula is C15H25BrN2S. The van der Waals surface area contributed by atoms with E-state index < -0.39 is 0 Å². The maximum Gasteiger partial charge on any atom is 0.0701 e. The first-order valence-electron chi connectivity index (χ1n) is 7.39. The van der Waals surface area contributed by atoms with Crippen molar-refractivity contribution in [3.05, 3.63) is 20.8 Å². The Morgan fingerprint density at radius 2 is 2.05 bits per heavy atom. The largest absolute Gasteiger partial charge is 0.313 e. The van der Waals surface area contributed by atoms with Crippen LogP contribution in [0.25, 0.3) is 0 Å². The fourth-order valence-electron chi connectivity index (χ4n) is 2.76. The summed E-state index contributed by atoms with van der Waals surface area (Å²) in [5, 5.41) is 5.97. The van der Waals surface area contributed by atoms with Crippen LogP contribution in [0.2, 0.25) is 0 Å². The van der Waals surface area contributed by atoms with Gasteiger partial charge in [0, 0.05) is 25.7 Å². The summed E-state index contributed by atoms with van der Waals surface area (Å²) in [5.74, 6) is 0. The summed E-state index contributed by atoms with van der Waals surface area (Å²) in [5.41, 5.74) is 1.41. The van der Waals surface area contributed by atoms with Gasteiger partial charge in [0.15, 0.2) is 0 Å². The molecule has 1 aliphatic rings. The number of halogens is 1. The van der Waals surface area contributed by atoms with Gasteiger partial charge in [-0.2, -0.15) is 0 Å². The number of nitrogens with zero attached hydrogens (tertiary/aromatic N) is 1. The second-order valence-electron chi connectivity index (χ2n) is 5.64. The smallest absolute Gasteiger partial charge is 0.0701 e. The van der Waals surface area contributed by atoms with Crippen LogP contribution < -0.4 is 5.32 Å². The Hall–Kier alpha value is 0.100. The summed E-state index contributed by atoms with van der Waals surface area (Å²) < 4.78 is 1.23. The summed E-state index contributed by atoms with van der Waals surface area (Å²) in [6.45, 7) is 3.30. The van der Waals surface area contributed by atoms with Crippen LogP contribution in [-0.2, 0) is 6.54 Å². The topological polar surface area (TPSA) is 15.3 Å². The summed E-state index contributed by atoms with van der Waals surface area (Å²) >= 11 is 5.29.